The number of carbonyl (C=O) groups excluding carboxylic acids is 1. The third kappa shape index (κ3) is 5.07. The van der Waals surface area contributed by atoms with Gasteiger partial charge in [0.1, 0.15) is 5.82 Å². The van der Waals surface area contributed by atoms with E-state index in [9.17, 15) is 14.4 Å². The maximum absolute atomic E-state index is 13.2. The van der Waals surface area contributed by atoms with Crippen LogP contribution in [-0.2, 0) is 24.3 Å². The molecule has 0 aliphatic rings. The van der Waals surface area contributed by atoms with Gasteiger partial charge in [-0.25, -0.2) is 4.79 Å². The van der Waals surface area contributed by atoms with Gasteiger partial charge in [-0.1, -0.05) is 43.7 Å². The lowest BCUT2D eigenvalue weighted by atomic mass is 10.1. The second-order valence-electron chi connectivity index (χ2n) is 7.10. The summed E-state index contributed by atoms with van der Waals surface area (Å²) in [4.78, 5) is 41.9. The van der Waals surface area contributed by atoms with E-state index >= 15 is 0 Å². The van der Waals surface area contributed by atoms with Crippen LogP contribution in [0.4, 0.5) is 11.5 Å². The molecule has 0 radical (unpaired) electrons. The van der Waals surface area contributed by atoms with Crippen molar-refractivity contribution < 1.29 is 4.79 Å². The number of hydrogen-bond acceptors (Lipinski definition) is 5. The van der Waals surface area contributed by atoms with E-state index in [-0.39, 0.29) is 30.4 Å². The third-order valence-electron chi connectivity index (χ3n) is 4.91. The standard InChI is InChI=1S/C22H26N4O3S/c1-2-3-12-25-20(23)19(21(28)24-22(25)29)26(14-16-7-5-4-6-8-16)18(27)10-9-17-11-13-30-15-17/h4-8,11,13,15H,2-3,9-10,12,14,23H2,1H3,(H,24,28,29). The minimum Gasteiger partial charge on any atom is -0.383 e. The summed E-state index contributed by atoms with van der Waals surface area (Å²) in [7, 11) is 0. The molecular weight excluding hydrogens is 400 g/mol. The predicted octanol–water partition coefficient (Wildman–Crippen LogP) is 3.15. The molecule has 0 aliphatic carbocycles. The first kappa shape index (κ1) is 21.6. The highest BCUT2D eigenvalue weighted by Gasteiger charge is 2.24. The van der Waals surface area contributed by atoms with E-state index < -0.39 is 11.2 Å². The van der Waals surface area contributed by atoms with Gasteiger partial charge in [-0.15, -0.1) is 0 Å². The van der Waals surface area contributed by atoms with Gasteiger partial charge < -0.3 is 10.6 Å². The molecule has 0 aliphatic heterocycles. The maximum Gasteiger partial charge on any atom is 0.330 e. The van der Waals surface area contributed by atoms with Crippen molar-refractivity contribution in [1.29, 1.82) is 0 Å². The minimum absolute atomic E-state index is 0.0250. The number of aromatic nitrogens is 2. The van der Waals surface area contributed by atoms with Crippen LogP contribution >= 0.6 is 11.3 Å². The van der Waals surface area contributed by atoms with E-state index in [0.717, 1.165) is 24.0 Å². The SMILES string of the molecule is CCCCn1c(N)c(N(Cc2ccccc2)C(=O)CCc2ccsc2)c(=O)[nH]c1=O. The van der Waals surface area contributed by atoms with E-state index in [0.29, 0.717) is 13.0 Å². The van der Waals surface area contributed by atoms with Gasteiger partial charge in [0.15, 0.2) is 5.69 Å². The van der Waals surface area contributed by atoms with Gasteiger partial charge >= 0.3 is 5.69 Å². The number of anilines is 2. The highest BCUT2D eigenvalue weighted by molar-refractivity contribution is 7.07. The Morgan fingerprint density at radius 2 is 1.93 bits per heavy atom. The zero-order valence-electron chi connectivity index (χ0n) is 17.0. The molecular formula is C22H26N4O3S. The van der Waals surface area contributed by atoms with Crippen LogP contribution in [0.5, 0.6) is 0 Å². The average molecular weight is 427 g/mol. The molecule has 0 saturated heterocycles. The number of aryl methyl sites for hydroxylation is 1. The molecule has 1 aromatic carbocycles. The van der Waals surface area contributed by atoms with Gasteiger partial charge in [0.25, 0.3) is 5.56 Å². The molecule has 8 heteroatoms. The van der Waals surface area contributed by atoms with Crippen molar-refractivity contribution in [3.8, 4) is 0 Å². The second kappa shape index (κ2) is 10.1. The molecule has 0 bridgehead atoms. The van der Waals surface area contributed by atoms with Gasteiger partial charge in [0.2, 0.25) is 5.91 Å². The Labute approximate surface area is 178 Å². The lowest BCUT2D eigenvalue weighted by Gasteiger charge is -2.25. The molecule has 3 N–H and O–H groups in total. The van der Waals surface area contributed by atoms with E-state index in [1.54, 1.807) is 11.3 Å². The summed E-state index contributed by atoms with van der Waals surface area (Å²) in [5, 5.41) is 3.97. The summed E-state index contributed by atoms with van der Waals surface area (Å²) in [6.07, 6.45) is 2.41. The molecule has 30 heavy (non-hydrogen) atoms. The summed E-state index contributed by atoms with van der Waals surface area (Å²) in [5.74, 6) is -0.194. The number of nitrogens with zero attached hydrogens (tertiary/aromatic N) is 2. The van der Waals surface area contributed by atoms with Crippen molar-refractivity contribution in [3.05, 3.63) is 79.1 Å². The number of H-pyrrole nitrogens is 1. The Hall–Kier alpha value is -3.13. The van der Waals surface area contributed by atoms with E-state index in [4.69, 9.17) is 5.73 Å². The van der Waals surface area contributed by atoms with Crippen LogP contribution in [0.2, 0.25) is 0 Å². The van der Waals surface area contributed by atoms with E-state index in [2.05, 4.69) is 4.98 Å². The zero-order valence-corrected chi connectivity index (χ0v) is 17.8. The van der Waals surface area contributed by atoms with Crippen LogP contribution in [0.25, 0.3) is 0 Å². The lowest BCUT2D eigenvalue weighted by molar-refractivity contribution is -0.118. The minimum atomic E-state index is -0.648. The molecule has 1 amide bonds. The second-order valence-corrected chi connectivity index (χ2v) is 7.88. The Balaban J connectivity index is 1.99. The zero-order chi connectivity index (χ0) is 21.5. The van der Waals surface area contributed by atoms with Gasteiger partial charge in [0.05, 0.1) is 6.54 Å². The van der Waals surface area contributed by atoms with Crippen LogP contribution in [-0.4, -0.2) is 15.5 Å². The number of unbranched alkanes of at least 4 members (excludes halogenated alkanes) is 1. The first-order valence-electron chi connectivity index (χ1n) is 9.99. The van der Waals surface area contributed by atoms with Crippen molar-refractivity contribution in [2.45, 2.75) is 45.7 Å². The van der Waals surface area contributed by atoms with Crippen LogP contribution in [0, 0.1) is 0 Å². The maximum atomic E-state index is 13.2. The highest BCUT2D eigenvalue weighted by atomic mass is 32.1. The summed E-state index contributed by atoms with van der Waals surface area (Å²) in [5.41, 5.74) is 7.03. The lowest BCUT2D eigenvalue weighted by Crippen LogP contribution is -2.41. The topological polar surface area (TPSA) is 101 Å². The van der Waals surface area contributed by atoms with Crippen LogP contribution in [0.1, 0.15) is 37.3 Å². The third-order valence-corrected chi connectivity index (χ3v) is 5.64. The Bertz CT molecular complexity index is 1090. The number of amides is 1. The van der Waals surface area contributed by atoms with Crippen LogP contribution in [0.3, 0.4) is 0 Å². The number of benzene rings is 1. The molecule has 2 aromatic heterocycles. The van der Waals surface area contributed by atoms with Crippen LogP contribution in [0.15, 0.2) is 56.7 Å². The fraction of sp³-hybridized carbons (Fsp3) is 0.318. The number of nitrogen functional groups attached to an aromatic ring is 1. The van der Waals surface area contributed by atoms with Crippen molar-refractivity contribution >= 4 is 28.7 Å². The number of rotatable bonds is 9. The molecule has 2 heterocycles. The first-order chi connectivity index (χ1) is 14.5. The number of carbonyl (C=O) groups is 1. The van der Waals surface area contributed by atoms with Gasteiger partial charge in [-0.05, 0) is 40.8 Å². The highest BCUT2D eigenvalue weighted by Crippen LogP contribution is 2.22. The number of aromatic amines is 1. The summed E-state index contributed by atoms with van der Waals surface area (Å²) >= 11 is 1.58. The first-order valence-corrected chi connectivity index (χ1v) is 10.9. The predicted molar refractivity (Wildman–Crippen MR) is 121 cm³/mol. The molecule has 3 rings (SSSR count). The number of thiophene rings is 1. The molecule has 0 spiro atoms. The molecule has 0 fully saturated rings. The number of hydrogen-bond donors (Lipinski definition) is 2. The van der Waals surface area contributed by atoms with Crippen molar-refractivity contribution in [2.75, 3.05) is 10.6 Å². The molecule has 0 atom stereocenters. The fourth-order valence-corrected chi connectivity index (χ4v) is 3.96. The van der Waals surface area contributed by atoms with E-state index in [1.165, 1.54) is 9.47 Å². The van der Waals surface area contributed by atoms with Gasteiger partial charge in [-0.3, -0.25) is 19.1 Å². The molecule has 3 aromatic rings. The Kier molecular flexibility index (Phi) is 7.24. The smallest absolute Gasteiger partial charge is 0.330 e. The number of nitrogens with one attached hydrogen (secondary N) is 1. The largest absolute Gasteiger partial charge is 0.383 e. The Morgan fingerprint density at radius 1 is 1.17 bits per heavy atom. The van der Waals surface area contributed by atoms with Crippen LogP contribution < -0.4 is 21.9 Å². The quantitative estimate of drug-likeness (QED) is 0.549. The Morgan fingerprint density at radius 3 is 2.60 bits per heavy atom. The van der Waals surface area contributed by atoms with E-state index in [1.807, 2.05) is 54.1 Å². The van der Waals surface area contributed by atoms with Crippen molar-refractivity contribution in [2.24, 2.45) is 0 Å². The fourth-order valence-electron chi connectivity index (χ4n) is 3.26. The summed E-state index contributed by atoms with van der Waals surface area (Å²) in [6, 6.07) is 11.4. The van der Waals surface area contributed by atoms with Crippen molar-refractivity contribution in [3.63, 3.8) is 0 Å². The summed E-state index contributed by atoms with van der Waals surface area (Å²) in [6.45, 7) is 2.58. The number of nitrogens with two attached hydrogens (primary N) is 1. The average Bonchev–Trinajstić information content (AvgIpc) is 3.25. The molecule has 158 valence electrons. The summed E-state index contributed by atoms with van der Waals surface area (Å²) < 4.78 is 1.34. The van der Waals surface area contributed by atoms with Crippen molar-refractivity contribution in [1.82, 2.24) is 9.55 Å². The molecule has 0 saturated carbocycles. The molecule has 0 unspecified atom stereocenters. The van der Waals surface area contributed by atoms with Gasteiger partial charge in [-0.2, -0.15) is 11.3 Å². The normalized spacial score (nSPS) is 10.8. The van der Waals surface area contributed by atoms with Gasteiger partial charge in [0, 0.05) is 13.0 Å². The monoisotopic (exact) mass is 426 g/mol. The molecule has 7 nitrogen and oxygen atoms in total.